The van der Waals surface area contributed by atoms with Gasteiger partial charge in [-0.2, -0.15) is 0 Å². The van der Waals surface area contributed by atoms with Gasteiger partial charge in [0.25, 0.3) is 0 Å². The first-order valence-corrected chi connectivity index (χ1v) is 13.9. The Balaban J connectivity index is 2.36. The molecule has 0 radical (unpaired) electrons. The summed E-state index contributed by atoms with van der Waals surface area (Å²) in [6.45, 7) is 6.83. The summed E-state index contributed by atoms with van der Waals surface area (Å²) in [6, 6.07) is 9.43. The number of allylic oxidation sites excluding steroid dienone is 2. The van der Waals surface area contributed by atoms with Gasteiger partial charge in [-0.3, -0.25) is 4.79 Å². The maximum atomic E-state index is 13.3. The highest BCUT2D eigenvalue weighted by atomic mass is 32.2. The van der Waals surface area contributed by atoms with Crippen LogP contribution >= 0.6 is 0 Å². The van der Waals surface area contributed by atoms with Gasteiger partial charge in [-0.1, -0.05) is 56.4 Å². The SMILES string of the molecule is C[Si](C)(C)C/C=C\CC1(S(=O)(=O)c2ccccc2)CCCCC1=O. The maximum absolute atomic E-state index is 13.3. The largest absolute Gasteiger partial charge is 0.298 e. The molecule has 0 N–H and O–H groups in total. The summed E-state index contributed by atoms with van der Waals surface area (Å²) in [5.74, 6) is -0.116. The number of sulfone groups is 1. The summed E-state index contributed by atoms with van der Waals surface area (Å²) < 4.78 is 25.3. The third-order valence-corrected chi connectivity index (χ3v) is 8.64. The van der Waals surface area contributed by atoms with E-state index in [9.17, 15) is 13.2 Å². The van der Waals surface area contributed by atoms with Gasteiger partial charge in [0.15, 0.2) is 15.6 Å². The molecule has 2 rings (SSSR count). The van der Waals surface area contributed by atoms with E-state index in [4.69, 9.17) is 0 Å². The van der Waals surface area contributed by atoms with Gasteiger partial charge in [-0.25, -0.2) is 8.42 Å². The van der Waals surface area contributed by atoms with Crippen LogP contribution in [-0.4, -0.2) is 27.0 Å². The number of ketones is 1. The summed E-state index contributed by atoms with van der Waals surface area (Å²) in [5, 5.41) is 0. The van der Waals surface area contributed by atoms with Gasteiger partial charge >= 0.3 is 0 Å². The minimum Gasteiger partial charge on any atom is -0.298 e. The highest BCUT2D eigenvalue weighted by molar-refractivity contribution is 7.93. The minimum atomic E-state index is -3.68. The number of benzene rings is 1. The molecule has 3 nitrogen and oxygen atoms in total. The number of Topliss-reactive ketones (excluding diaryl/α,β-unsaturated/α-hetero) is 1. The van der Waals surface area contributed by atoms with E-state index in [-0.39, 0.29) is 10.7 Å². The van der Waals surface area contributed by atoms with E-state index in [1.807, 2.05) is 6.08 Å². The topological polar surface area (TPSA) is 51.2 Å². The fourth-order valence-corrected chi connectivity index (χ4v) is 6.18. The smallest absolute Gasteiger partial charge is 0.191 e. The van der Waals surface area contributed by atoms with E-state index in [1.165, 1.54) is 0 Å². The summed E-state index contributed by atoms with van der Waals surface area (Å²) in [4.78, 5) is 13.0. The van der Waals surface area contributed by atoms with E-state index < -0.39 is 22.7 Å². The Bertz CT molecular complexity index is 702. The van der Waals surface area contributed by atoms with E-state index in [2.05, 4.69) is 25.7 Å². The first kappa shape index (κ1) is 19.1. The summed E-state index contributed by atoms with van der Waals surface area (Å²) in [6.07, 6.45) is 6.70. The van der Waals surface area contributed by atoms with Crippen LogP contribution in [0.15, 0.2) is 47.4 Å². The molecule has 132 valence electrons. The molecule has 1 atom stereocenters. The number of hydrogen-bond donors (Lipinski definition) is 0. The second-order valence-corrected chi connectivity index (χ2v) is 15.7. The quantitative estimate of drug-likeness (QED) is 0.546. The van der Waals surface area contributed by atoms with Crippen LogP contribution in [0.25, 0.3) is 0 Å². The molecule has 1 unspecified atom stereocenters. The van der Waals surface area contributed by atoms with Gasteiger partial charge in [0.1, 0.15) is 4.75 Å². The summed E-state index contributed by atoms with van der Waals surface area (Å²) in [7, 11) is -4.89. The van der Waals surface area contributed by atoms with E-state index in [0.29, 0.717) is 19.3 Å². The van der Waals surface area contributed by atoms with Crippen molar-refractivity contribution in [2.24, 2.45) is 0 Å². The molecule has 1 aromatic rings. The van der Waals surface area contributed by atoms with E-state index in [0.717, 1.165) is 18.9 Å². The Labute approximate surface area is 147 Å². The lowest BCUT2D eigenvalue weighted by molar-refractivity contribution is -0.123. The molecule has 1 saturated carbocycles. The molecule has 1 aliphatic rings. The molecule has 0 aromatic heterocycles. The third kappa shape index (κ3) is 4.06. The Morgan fingerprint density at radius 1 is 1.08 bits per heavy atom. The molecule has 5 heteroatoms. The summed E-state index contributed by atoms with van der Waals surface area (Å²) >= 11 is 0. The number of carbonyl (C=O) groups excluding carboxylic acids is 1. The predicted molar refractivity (Wildman–Crippen MR) is 102 cm³/mol. The lowest BCUT2D eigenvalue weighted by Gasteiger charge is -2.34. The molecule has 24 heavy (non-hydrogen) atoms. The van der Waals surface area contributed by atoms with Gasteiger partial charge in [0.2, 0.25) is 0 Å². The average molecular weight is 365 g/mol. The van der Waals surface area contributed by atoms with Crippen molar-refractivity contribution in [3.8, 4) is 0 Å². The predicted octanol–water partition coefficient (Wildman–Crippen LogP) is 4.63. The van der Waals surface area contributed by atoms with Crippen LogP contribution in [0.3, 0.4) is 0 Å². The highest BCUT2D eigenvalue weighted by Crippen LogP contribution is 2.39. The molecule has 0 bridgehead atoms. The van der Waals surface area contributed by atoms with Gasteiger partial charge in [-0.05, 0) is 37.4 Å². The maximum Gasteiger partial charge on any atom is 0.191 e. The molecular weight excluding hydrogens is 336 g/mol. The van der Waals surface area contributed by atoms with Crippen molar-refractivity contribution in [3.05, 3.63) is 42.5 Å². The Hall–Kier alpha value is -1.20. The average Bonchev–Trinajstić information content (AvgIpc) is 2.53. The van der Waals surface area contributed by atoms with Crippen molar-refractivity contribution in [1.82, 2.24) is 0 Å². The molecule has 0 heterocycles. The highest BCUT2D eigenvalue weighted by Gasteiger charge is 2.50. The fourth-order valence-electron chi connectivity index (χ4n) is 3.21. The molecule has 0 spiro atoms. The second kappa shape index (κ2) is 7.36. The lowest BCUT2D eigenvalue weighted by Crippen LogP contribution is -2.48. The third-order valence-electron chi connectivity index (χ3n) is 4.66. The van der Waals surface area contributed by atoms with E-state index in [1.54, 1.807) is 30.3 Å². The van der Waals surface area contributed by atoms with Crippen LogP contribution in [0.2, 0.25) is 25.7 Å². The lowest BCUT2D eigenvalue weighted by atomic mass is 9.84. The van der Waals surface area contributed by atoms with Crippen LogP contribution in [0.1, 0.15) is 32.1 Å². The molecule has 0 saturated heterocycles. The zero-order valence-corrected chi connectivity index (χ0v) is 16.7. The molecule has 0 amide bonds. The first-order valence-electron chi connectivity index (χ1n) is 8.67. The second-order valence-electron chi connectivity index (χ2n) is 7.88. The van der Waals surface area contributed by atoms with Crippen molar-refractivity contribution < 1.29 is 13.2 Å². The van der Waals surface area contributed by atoms with Crippen molar-refractivity contribution in [3.63, 3.8) is 0 Å². The standard InChI is InChI=1S/C19H28O3SSi/c1-24(2,3)16-10-9-15-19(14-8-7-13-18(19)20)23(21,22)17-11-5-4-6-12-17/h4-6,9-12H,7-8,13-16H2,1-3H3/b10-9-. The molecular formula is C19H28O3SSi. The molecule has 1 aliphatic carbocycles. The van der Waals surface area contributed by atoms with Gasteiger partial charge in [0.05, 0.1) is 4.90 Å². The van der Waals surface area contributed by atoms with Crippen LogP contribution in [0.5, 0.6) is 0 Å². The zero-order valence-electron chi connectivity index (χ0n) is 14.9. The molecule has 1 aromatic carbocycles. The molecule has 1 fully saturated rings. The molecule has 0 aliphatic heterocycles. The van der Waals surface area contributed by atoms with Crippen LogP contribution in [0, 0.1) is 0 Å². The van der Waals surface area contributed by atoms with Crippen molar-refractivity contribution in [2.75, 3.05) is 0 Å². The van der Waals surface area contributed by atoms with Gasteiger partial charge in [0, 0.05) is 14.5 Å². The fraction of sp³-hybridized carbons (Fsp3) is 0.526. The van der Waals surface area contributed by atoms with Crippen LogP contribution in [0.4, 0.5) is 0 Å². The number of hydrogen-bond acceptors (Lipinski definition) is 3. The summed E-state index contributed by atoms with van der Waals surface area (Å²) in [5.41, 5.74) is 0. The van der Waals surface area contributed by atoms with Gasteiger partial charge in [-0.15, -0.1) is 0 Å². The Kier molecular flexibility index (Phi) is 5.86. The number of carbonyl (C=O) groups is 1. The first-order chi connectivity index (χ1) is 11.2. The minimum absolute atomic E-state index is 0.116. The van der Waals surface area contributed by atoms with Crippen molar-refractivity contribution >= 4 is 23.7 Å². The van der Waals surface area contributed by atoms with Crippen molar-refractivity contribution in [2.45, 2.75) is 67.4 Å². The van der Waals surface area contributed by atoms with Crippen molar-refractivity contribution in [1.29, 1.82) is 0 Å². The monoisotopic (exact) mass is 364 g/mol. The van der Waals surface area contributed by atoms with Gasteiger partial charge < -0.3 is 0 Å². The van der Waals surface area contributed by atoms with E-state index >= 15 is 0 Å². The Morgan fingerprint density at radius 3 is 2.33 bits per heavy atom. The number of rotatable bonds is 6. The normalized spacial score (nSPS) is 22.9. The van der Waals surface area contributed by atoms with Crippen LogP contribution < -0.4 is 0 Å². The Morgan fingerprint density at radius 2 is 1.75 bits per heavy atom. The zero-order chi connectivity index (χ0) is 17.8. The van der Waals surface area contributed by atoms with Crippen LogP contribution in [-0.2, 0) is 14.6 Å².